The van der Waals surface area contributed by atoms with Gasteiger partial charge in [0.15, 0.2) is 15.8 Å². The van der Waals surface area contributed by atoms with Gasteiger partial charge in [-0.05, 0) is 48.4 Å². The predicted molar refractivity (Wildman–Crippen MR) is 129 cm³/mol. The number of hydrogen-bond acceptors (Lipinski definition) is 7. The van der Waals surface area contributed by atoms with Gasteiger partial charge < -0.3 is 0 Å². The number of nitrogens with zero attached hydrogens (tertiary/aromatic N) is 2. The maximum atomic E-state index is 13.1. The number of rotatable bonds is 8. The molecule has 1 aliphatic carbocycles. The van der Waals surface area contributed by atoms with E-state index in [9.17, 15) is 9.59 Å². The molecule has 2 N–H and O–H groups in total. The van der Waals surface area contributed by atoms with Gasteiger partial charge in [-0.15, -0.1) is 22.7 Å². The number of hydroxylamine groups is 1. The molecule has 1 fully saturated rings. The summed E-state index contributed by atoms with van der Waals surface area (Å²) >= 11 is 3.19. The van der Waals surface area contributed by atoms with Crippen molar-refractivity contribution in [1.29, 1.82) is 0 Å². The Morgan fingerprint density at radius 1 is 1.00 bits per heavy atom. The molecule has 0 spiro atoms. The Kier molecular flexibility index (Phi) is 6.13. The van der Waals surface area contributed by atoms with Crippen LogP contribution in [0, 0.1) is 0 Å². The Bertz CT molecular complexity index is 1290. The van der Waals surface area contributed by atoms with Crippen LogP contribution >= 0.6 is 22.7 Å². The van der Waals surface area contributed by atoms with Crippen LogP contribution in [-0.2, 0) is 6.42 Å². The zero-order chi connectivity index (χ0) is 22.8. The number of benzene rings is 2. The summed E-state index contributed by atoms with van der Waals surface area (Å²) in [6.45, 7) is 0. The monoisotopic (exact) mass is 475 g/mol. The first-order valence-electron chi connectivity index (χ1n) is 10.7. The molecule has 1 amide bonds. The molecule has 0 bridgehead atoms. The van der Waals surface area contributed by atoms with E-state index in [1.807, 2.05) is 24.4 Å². The van der Waals surface area contributed by atoms with E-state index in [4.69, 9.17) is 10.2 Å². The standard InChI is InChI=1S/C25H21N3O3S2/c29-19(13-8-15-6-9-18(10-7-15)23(30)28-31)21-22(17-11-12-17)33-25(27-21)24-26-14-20(32-24)16-4-2-1-3-5-16/h1-7,9-10,14,17,31H,8,11-13H2,(H,28,30). The van der Waals surface area contributed by atoms with Gasteiger partial charge in [-0.2, -0.15) is 0 Å². The van der Waals surface area contributed by atoms with E-state index >= 15 is 0 Å². The molecule has 2 aromatic carbocycles. The molecule has 2 heterocycles. The fourth-order valence-corrected chi connectivity index (χ4v) is 5.82. The number of ketones is 1. The lowest BCUT2D eigenvalue weighted by Gasteiger charge is -2.03. The maximum Gasteiger partial charge on any atom is 0.274 e. The second-order valence-corrected chi connectivity index (χ2v) is 10.0. The molecule has 4 aromatic rings. The van der Waals surface area contributed by atoms with Crippen LogP contribution in [0.1, 0.15) is 56.5 Å². The zero-order valence-electron chi connectivity index (χ0n) is 17.7. The summed E-state index contributed by atoms with van der Waals surface area (Å²) in [5.41, 5.74) is 4.65. The summed E-state index contributed by atoms with van der Waals surface area (Å²) in [6.07, 6.45) is 4.98. The molecule has 5 rings (SSSR count). The van der Waals surface area contributed by atoms with Gasteiger partial charge in [0.1, 0.15) is 5.69 Å². The summed E-state index contributed by atoms with van der Waals surface area (Å²) in [5.74, 6) is -0.0873. The van der Waals surface area contributed by atoms with Crippen LogP contribution in [-0.4, -0.2) is 26.9 Å². The number of aromatic nitrogens is 2. The number of carbonyl (C=O) groups is 2. The Morgan fingerprint density at radius 2 is 1.76 bits per heavy atom. The molecule has 1 saturated carbocycles. The number of carbonyl (C=O) groups excluding carboxylic acids is 2. The third-order valence-electron chi connectivity index (χ3n) is 5.57. The van der Waals surface area contributed by atoms with Gasteiger partial charge in [-0.25, -0.2) is 15.4 Å². The van der Waals surface area contributed by atoms with Crippen molar-refractivity contribution in [1.82, 2.24) is 15.4 Å². The first-order chi connectivity index (χ1) is 16.1. The average molecular weight is 476 g/mol. The molecule has 0 saturated heterocycles. The minimum absolute atomic E-state index is 0.0383. The second-order valence-electron chi connectivity index (χ2n) is 7.96. The SMILES string of the molecule is O=C(NO)c1ccc(CCC(=O)c2nc(-c3ncc(-c4ccccc4)s3)sc2C2CC2)cc1. The average Bonchev–Trinajstić information content (AvgIpc) is 3.41. The summed E-state index contributed by atoms with van der Waals surface area (Å²) in [6, 6.07) is 17.0. The van der Waals surface area contributed by atoms with Crippen LogP contribution in [0.3, 0.4) is 0 Å². The fraction of sp³-hybridized carbons (Fsp3) is 0.200. The molecule has 1 aliphatic rings. The highest BCUT2D eigenvalue weighted by Crippen LogP contribution is 2.47. The molecule has 8 heteroatoms. The number of amides is 1. The molecular formula is C25H21N3O3S2. The Morgan fingerprint density at radius 3 is 2.45 bits per heavy atom. The Labute approximate surface area is 198 Å². The quantitative estimate of drug-likeness (QED) is 0.192. The highest BCUT2D eigenvalue weighted by Gasteiger charge is 2.32. The first-order valence-corrected chi connectivity index (χ1v) is 12.3. The highest BCUT2D eigenvalue weighted by atomic mass is 32.1. The third-order valence-corrected chi connectivity index (χ3v) is 7.98. The van der Waals surface area contributed by atoms with Gasteiger partial charge in [0.25, 0.3) is 5.91 Å². The van der Waals surface area contributed by atoms with Crippen molar-refractivity contribution in [3.05, 3.63) is 82.5 Å². The normalized spacial score (nSPS) is 13.1. The van der Waals surface area contributed by atoms with Gasteiger partial charge in [0, 0.05) is 23.1 Å². The van der Waals surface area contributed by atoms with Gasteiger partial charge in [0.05, 0.1) is 4.88 Å². The molecule has 33 heavy (non-hydrogen) atoms. The minimum atomic E-state index is -0.556. The predicted octanol–water partition coefficient (Wildman–Crippen LogP) is 5.75. The molecule has 0 atom stereocenters. The van der Waals surface area contributed by atoms with E-state index in [1.54, 1.807) is 52.4 Å². The molecule has 6 nitrogen and oxygen atoms in total. The van der Waals surface area contributed by atoms with E-state index in [-0.39, 0.29) is 5.78 Å². The topological polar surface area (TPSA) is 92.2 Å². The zero-order valence-corrected chi connectivity index (χ0v) is 19.3. The van der Waals surface area contributed by atoms with Crippen LogP contribution in [0.15, 0.2) is 60.8 Å². The van der Waals surface area contributed by atoms with Crippen LogP contribution in [0.2, 0.25) is 0 Å². The van der Waals surface area contributed by atoms with E-state index in [0.29, 0.717) is 30.0 Å². The number of thiazole rings is 2. The number of nitrogens with one attached hydrogen (secondary N) is 1. The molecule has 0 aliphatic heterocycles. The smallest absolute Gasteiger partial charge is 0.274 e. The molecule has 166 valence electrons. The second kappa shape index (κ2) is 9.35. The van der Waals surface area contributed by atoms with E-state index < -0.39 is 5.91 Å². The Balaban J connectivity index is 1.33. The van der Waals surface area contributed by atoms with E-state index in [1.165, 1.54) is 0 Å². The van der Waals surface area contributed by atoms with E-state index in [0.717, 1.165) is 43.7 Å². The van der Waals surface area contributed by atoms with E-state index in [2.05, 4.69) is 17.1 Å². The summed E-state index contributed by atoms with van der Waals surface area (Å²) in [7, 11) is 0. The van der Waals surface area contributed by atoms with Crippen molar-refractivity contribution < 1.29 is 14.8 Å². The molecule has 0 radical (unpaired) electrons. The number of aryl methyl sites for hydroxylation is 1. The third kappa shape index (κ3) is 4.78. The Hall–Kier alpha value is -3.20. The van der Waals surface area contributed by atoms with Gasteiger partial charge in [-0.1, -0.05) is 42.5 Å². The van der Waals surface area contributed by atoms with Crippen molar-refractivity contribution >= 4 is 34.4 Å². The number of Topliss-reactive ketones (excluding diaryl/α,β-unsaturated/α-hetero) is 1. The largest absolute Gasteiger partial charge is 0.292 e. The first kappa shape index (κ1) is 21.6. The van der Waals surface area contributed by atoms with Crippen molar-refractivity contribution in [2.75, 3.05) is 0 Å². The lowest BCUT2D eigenvalue weighted by Crippen LogP contribution is -2.18. The lowest BCUT2D eigenvalue weighted by atomic mass is 10.0. The molecule has 0 unspecified atom stereocenters. The lowest BCUT2D eigenvalue weighted by molar-refractivity contribution is 0.0706. The van der Waals surface area contributed by atoms with Crippen LogP contribution in [0.4, 0.5) is 0 Å². The van der Waals surface area contributed by atoms with Gasteiger partial charge in [-0.3, -0.25) is 14.8 Å². The highest BCUT2D eigenvalue weighted by molar-refractivity contribution is 7.23. The fourth-order valence-electron chi connectivity index (χ4n) is 3.62. The van der Waals surface area contributed by atoms with Crippen LogP contribution in [0.5, 0.6) is 0 Å². The molecule has 2 aromatic heterocycles. The maximum absolute atomic E-state index is 13.1. The van der Waals surface area contributed by atoms with Crippen LogP contribution < -0.4 is 5.48 Å². The summed E-state index contributed by atoms with van der Waals surface area (Å²) in [4.78, 5) is 36.0. The van der Waals surface area contributed by atoms with Gasteiger partial charge >= 0.3 is 0 Å². The summed E-state index contributed by atoms with van der Waals surface area (Å²) in [5, 5.41) is 10.4. The van der Waals surface area contributed by atoms with Crippen molar-refractivity contribution in [3.8, 4) is 20.5 Å². The van der Waals surface area contributed by atoms with Gasteiger partial charge in [0.2, 0.25) is 0 Å². The summed E-state index contributed by atoms with van der Waals surface area (Å²) < 4.78 is 0. The van der Waals surface area contributed by atoms with Crippen molar-refractivity contribution in [2.45, 2.75) is 31.6 Å². The van der Waals surface area contributed by atoms with Crippen molar-refractivity contribution in [3.63, 3.8) is 0 Å². The van der Waals surface area contributed by atoms with Crippen molar-refractivity contribution in [2.24, 2.45) is 0 Å². The number of hydrogen-bond donors (Lipinski definition) is 2. The molecular weight excluding hydrogens is 454 g/mol. The minimum Gasteiger partial charge on any atom is -0.292 e. The van der Waals surface area contributed by atoms with Crippen LogP contribution in [0.25, 0.3) is 20.5 Å².